The van der Waals surface area contributed by atoms with Gasteiger partial charge >= 0.3 is 6.09 Å². The molecule has 1 amide bonds. The van der Waals surface area contributed by atoms with Crippen LogP contribution in [0.25, 0.3) is 0 Å². The van der Waals surface area contributed by atoms with E-state index in [1.807, 2.05) is 0 Å². The first-order valence-electron chi connectivity index (χ1n) is 5.88. The molecule has 1 N–H and O–H groups in total. The molecule has 0 aromatic carbocycles. The Bertz CT molecular complexity index is 693. The minimum absolute atomic E-state index is 0.278. The van der Waals surface area contributed by atoms with Crippen LogP contribution in [0, 0.1) is 11.8 Å². The summed E-state index contributed by atoms with van der Waals surface area (Å²) in [7, 11) is -2.56. The van der Waals surface area contributed by atoms with E-state index in [0.717, 1.165) is 21.7 Å². The Labute approximate surface area is 128 Å². The van der Waals surface area contributed by atoms with Gasteiger partial charge in [-0.3, -0.25) is 0 Å². The lowest BCUT2D eigenvalue weighted by molar-refractivity contribution is 0.0606. The summed E-state index contributed by atoms with van der Waals surface area (Å²) in [5.74, 6) is 5.16. The molecule has 21 heavy (non-hydrogen) atoms. The molecule has 0 aliphatic carbocycles. The minimum Gasteiger partial charge on any atom is -0.443 e. The number of aliphatic hydroxyl groups excluding tert-OH is 1. The molecule has 1 aromatic heterocycles. The number of rotatable bonds is 2. The largest absolute Gasteiger partial charge is 0.443 e. The van der Waals surface area contributed by atoms with Gasteiger partial charge in [-0.15, -0.1) is 11.3 Å². The number of ether oxygens (including phenoxy) is 1. The molecule has 0 radical (unpaired) electrons. The number of carbonyl (C=O) groups excluding carboxylic acids is 1. The van der Waals surface area contributed by atoms with Crippen LogP contribution >= 0.6 is 11.3 Å². The second-order valence-corrected chi connectivity index (χ2v) is 6.61. The van der Waals surface area contributed by atoms with E-state index >= 15 is 0 Å². The maximum absolute atomic E-state index is 12.0. The van der Waals surface area contributed by atoms with Crippen LogP contribution in [0.2, 0.25) is 0 Å². The zero-order chi connectivity index (χ0) is 16.0. The fraction of sp³-hybridized carbons (Fsp3) is 0.385. The minimum atomic E-state index is -2.56. The predicted octanol–water partition coefficient (Wildman–Crippen LogP) is 1.47. The summed E-state index contributed by atoms with van der Waals surface area (Å²) in [4.78, 5) is 13.5. The van der Waals surface area contributed by atoms with Gasteiger partial charge in [0.05, 0.1) is 4.88 Å². The molecule has 0 atom stereocenters. The van der Waals surface area contributed by atoms with Gasteiger partial charge in [0.1, 0.15) is 22.7 Å². The van der Waals surface area contributed by atoms with Gasteiger partial charge in [-0.25, -0.2) is 9.69 Å². The van der Waals surface area contributed by atoms with Crippen LogP contribution in [-0.4, -0.2) is 37.3 Å². The Kier molecular flexibility index (Phi) is 5.96. The van der Waals surface area contributed by atoms with Crippen molar-refractivity contribution in [2.24, 2.45) is 0 Å². The average molecular weight is 329 g/mol. The van der Waals surface area contributed by atoms with E-state index in [2.05, 4.69) is 11.8 Å². The summed E-state index contributed by atoms with van der Waals surface area (Å²) in [5.41, 5.74) is -0.00646. The van der Waals surface area contributed by atoms with Crippen LogP contribution in [0.15, 0.2) is 12.1 Å². The monoisotopic (exact) mass is 329 g/mol. The summed E-state index contributed by atoms with van der Waals surface area (Å²) < 4.78 is 26.9. The van der Waals surface area contributed by atoms with Crippen LogP contribution in [0.1, 0.15) is 25.6 Å². The summed E-state index contributed by atoms with van der Waals surface area (Å²) >= 11 is 1.11. The smallest absolute Gasteiger partial charge is 0.420 e. The molecule has 0 aliphatic heterocycles. The number of aliphatic hydroxyl groups is 1. The number of nitrogens with zero attached hydrogens (tertiary/aromatic N) is 1. The van der Waals surface area contributed by atoms with Crippen LogP contribution in [0.3, 0.4) is 0 Å². The van der Waals surface area contributed by atoms with Gasteiger partial charge in [-0.1, -0.05) is 11.8 Å². The predicted molar refractivity (Wildman–Crippen MR) is 82.0 cm³/mol. The van der Waals surface area contributed by atoms with Crippen molar-refractivity contribution >= 4 is 38.2 Å². The highest BCUT2D eigenvalue weighted by atomic mass is 32.2. The fourth-order valence-corrected chi connectivity index (χ4v) is 2.52. The quantitative estimate of drug-likeness (QED) is 0.656. The van der Waals surface area contributed by atoms with Crippen molar-refractivity contribution in [1.82, 2.24) is 0 Å². The number of hydrogen-bond donors (Lipinski definition) is 1. The van der Waals surface area contributed by atoms with E-state index in [4.69, 9.17) is 9.84 Å². The molecule has 0 bridgehead atoms. The van der Waals surface area contributed by atoms with Gasteiger partial charge in [0.15, 0.2) is 0 Å². The topological polar surface area (TPSA) is 83.9 Å². The highest BCUT2D eigenvalue weighted by Crippen LogP contribution is 2.26. The van der Waals surface area contributed by atoms with Gasteiger partial charge in [0.25, 0.3) is 0 Å². The summed E-state index contributed by atoms with van der Waals surface area (Å²) in [6, 6.07) is 3.18. The molecule has 0 unspecified atom stereocenters. The lowest BCUT2D eigenvalue weighted by Crippen LogP contribution is -2.35. The molecule has 1 heterocycles. The number of anilines is 1. The first-order chi connectivity index (χ1) is 9.73. The molecule has 0 aliphatic rings. The standard InChI is InChI=1S/C13H15NO5S2/c1-13(2,3)19-12(16)14(9-21(17)18)11-7-6-10(20-11)5-4-8-15/h6-7,9,15H,8H2,1-3H3. The van der Waals surface area contributed by atoms with E-state index < -0.39 is 22.0 Å². The lowest BCUT2D eigenvalue weighted by atomic mass is 10.2. The van der Waals surface area contributed by atoms with Crippen molar-refractivity contribution < 1.29 is 23.1 Å². The normalized spacial score (nSPS) is 10.3. The third kappa shape index (κ3) is 5.99. The van der Waals surface area contributed by atoms with Gasteiger partial charge in [0.2, 0.25) is 10.3 Å². The summed E-state index contributed by atoms with van der Waals surface area (Å²) in [6.45, 7) is 4.77. The molecule has 0 spiro atoms. The Morgan fingerprint density at radius 3 is 2.67 bits per heavy atom. The van der Waals surface area contributed by atoms with Gasteiger partial charge < -0.3 is 9.84 Å². The zero-order valence-electron chi connectivity index (χ0n) is 11.8. The number of amides is 1. The van der Waals surface area contributed by atoms with Gasteiger partial charge in [-0.2, -0.15) is 8.42 Å². The highest BCUT2D eigenvalue weighted by molar-refractivity contribution is 7.71. The summed E-state index contributed by atoms with van der Waals surface area (Å²) in [5, 5.41) is 8.99. The van der Waals surface area contributed by atoms with Crippen molar-refractivity contribution in [3.05, 3.63) is 17.0 Å². The molecule has 6 nitrogen and oxygen atoms in total. The van der Waals surface area contributed by atoms with Crippen LogP contribution in [-0.2, 0) is 15.0 Å². The van der Waals surface area contributed by atoms with Crippen LogP contribution < -0.4 is 4.90 Å². The molecule has 8 heteroatoms. The zero-order valence-corrected chi connectivity index (χ0v) is 13.4. The first kappa shape index (κ1) is 17.2. The van der Waals surface area contributed by atoms with Gasteiger partial charge in [0, 0.05) is 0 Å². The van der Waals surface area contributed by atoms with E-state index in [1.54, 1.807) is 32.9 Å². The molecule has 0 saturated carbocycles. The van der Waals surface area contributed by atoms with Crippen molar-refractivity contribution in [3.63, 3.8) is 0 Å². The highest BCUT2D eigenvalue weighted by Gasteiger charge is 2.23. The SMILES string of the molecule is CC(C)(C)OC(=O)N(C=S(=O)=O)c1ccc(C#CCO)s1. The second-order valence-electron chi connectivity index (χ2n) is 4.81. The Morgan fingerprint density at radius 1 is 1.48 bits per heavy atom. The van der Waals surface area contributed by atoms with E-state index in [1.165, 1.54) is 0 Å². The van der Waals surface area contributed by atoms with Crippen molar-refractivity contribution in [2.45, 2.75) is 26.4 Å². The number of hydrogen-bond acceptors (Lipinski definition) is 6. The molecule has 0 fully saturated rings. The maximum Gasteiger partial charge on any atom is 0.420 e. The van der Waals surface area contributed by atoms with Crippen molar-refractivity contribution in [3.8, 4) is 11.8 Å². The fourth-order valence-electron chi connectivity index (χ4n) is 1.23. The molecule has 1 aromatic rings. The molecule has 0 saturated heterocycles. The number of thiophene rings is 1. The summed E-state index contributed by atoms with van der Waals surface area (Å²) in [6.07, 6.45) is -0.796. The average Bonchev–Trinajstić information content (AvgIpc) is 2.79. The Balaban J connectivity index is 3.12. The third-order valence-corrected chi connectivity index (χ3v) is 3.28. The molecule has 114 valence electrons. The molecule has 1 rings (SSSR count). The molecular weight excluding hydrogens is 314 g/mol. The van der Waals surface area contributed by atoms with Crippen molar-refractivity contribution in [1.29, 1.82) is 0 Å². The number of carbonyl (C=O) groups is 1. The van der Waals surface area contributed by atoms with Crippen LogP contribution in [0.4, 0.5) is 9.80 Å². The van der Waals surface area contributed by atoms with E-state index in [9.17, 15) is 13.2 Å². The van der Waals surface area contributed by atoms with Crippen molar-refractivity contribution in [2.75, 3.05) is 11.5 Å². The van der Waals surface area contributed by atoms with Crippen LogP contribution in [0.5, 0.6) is 0 Å². The molecular formula is C13H15NO5S2. The maximum atomic E-state index is 12.0. The lowest BCUT2D eigenvalue weighted by Gasteiger charge is -2.23. The Morgan fingerprint density at radius 2 is 2.14 bits per heavy atom. The first-order valence-corrected chi connectivity index (χ1v) is 7.83. The Hall–Kier alpha value is -1.82. The third-order valence-electron chi connectivity index (χ3n) is 1.90. The van der Waals surface area contributed by atoms with Gasteiger partial charge in [-0.05, 0) is 32.9 Å². The van der Waals surface area contributed by atoms with E-state index in [0.29, 0.717) is 9.88 Å². The second kappa shape index (κ2) is 7.26. The van der Waals surface area contributed by atoms with E-state index in [-0.39, 0.29) is 6.61 Å².